The van der Waals surface area contributed by atoms with Crippen LogP contribution in [-0.4, -0.2) is 24.9 Å². The minimum atomic E-state index is -1.30. The van der Waals surface area contributed by atoms with Crippen LogP contribution in [0.5, 0.6) is 0 Å². The first-order valence-corrected chi connectivity index (χ1v) is 9.21. The van der Waals surface area contributed by atoms with Gasteiger partial charge in [0.25, 0.3) is 0 Å². The lowest BCUT2D eigenvalue weighted by atomic mass is 10.2. The Morgan fingerprint density at radius 1 is 0.895 bits per heavy atom. The van der Waals surface area contributed by atoms with E-state index in [0.717, 1.165) is 12.7 Å². The second-order valence-corrected chi connectivity index (χ2v) is 8.89. The second kappa shape index (κ2) is 6.32. The third-order valence-electron chi connectivity index (χ3n) is 3.86. The molecule has 100 valence electrons. The van der Waals surface area contributed by atoms with Crippen molar-refractivity contribution in [1.29, 1.82) is 0 Å². The highest BCUT2D eigenvalue weighted by molar-refractivity contribution is 7.79. The smallest absolute Gasteiger partial charge is 0.117 e. The molecule has 0 aliphatic heterocycles. The van der Waals surface area contributed by atoms with Crippen LogP contribution in [0, 0.1) is 0 Å². The molecule has 0 fully saturated rings. The maximum Gasteiger partial charge on any atom is 0.117 e. The quantitative estimate of drug-likeness (QED) is 0.743. The van der Waals surface area contributed by atoms with Gasteiger partial charge in [-0.05, 0) is 24.6 Å². The van der Waals surface area contributed by atoms with Gasteiger partial charge in [0.2, 0.25) is 0 Å². The fraction of sp³-hybridized carbons (Fsp3) is 0.294. The molecular formula is C17H23NP+. The average Bonchev–Trinajstić information content (AvgIpc) is 2.48. The van der Waals surface area contributed by atoms with E-state index in [9.17, 15) is 0 Å². The Labute approximate surface area is 117 Å². The summed E-state index contributed by atoms with van der Waals surface area (Å²) in [6.45, 7) is 5.77. The van der Waals surface area contributed by atoms with E-state index in [1.54, 1.807) is 0 Å². The lowest BCUT2D eigenvalue weighted by Gasteiger charge is -2.30. The van der Waals surface area contributed by atoms with E-state index in [0.29, 0.717) is 0 Å². The molecule has 0 heterocycles. The molecule has 0 amide bonds. The van der Waals surface area contributed by atoms with Crippen molar-refractivity contribution in [3.63, 3.8) is 0 Å². The van der Waals surface area contributed by atoms with E-state index in [-0.39, 0.29) is 0 Å². The minimum absolute atomic E-state index is 1.09. The number of rotatable bonds is 5. The lowest BCUT2D eigenvalue weighted by molar-refractivity contribution is 0.574. The van der Waals surface area contributed by atoms with E-state index in [1.807, 2.05) is 0 Å². The van der Waals surface area contributed by atoms with Crippen molar-refractivity contribution in [1.82, 2.24) is 4.67 Å². The molecule has 0 spiro atoms. The highest BCUT2D eigenvalue weighted by Crippen LogP contribution is 2.58. The third kappa shape index (κ3) is 3.23. The van der Waals surface area contributed by atoms with Crippen LogP contribution in [0.4, 0.5) is 0 Å². The summed E-state index contributed by atoms with van der Waals surface area (Å²) in [5.41, 5.74) is 1.43. The van der Waals surface area contributed by atoms with Crippen molar-refractivity contribution < 1.29 is 0 Å². The first kappa shape index (κ1) is 14.2. The van der Waals surface area contributed by atoms with E-state index in [1.165, 1.54) is 10.9 Å². The topological polar surface area (TPSA) is 3.24 Å². The molecule has 0 aliphatic carbocycles. The maximum atomic E-state index is 2.54. The summed E-state index contributed by atoms with van der Waals surface area (Å²) in [5.74, 6) is 0. The van der Waals surface area contributed by atoms with Gasteiger partial charge < -0.3 is 0 Å². The molecule has 0 bridgehead atoms. The molecule has 0 N–H and O–H groups in total. The zero-order valence-electron chi connectivity index (χ0n) is 12.1. The van der Waals surface area contributed by atoms with E-state index in [4.69, 9.17) is 0 Å². The predicted octanol–water partition coefficient (Wildman–Crippen LogP) is 4.03. The van der Waals surface area contributed by atoms with Crippen molar-refractivity contribution >= 4 is 12.7 Å². The molecule has 0 saturated carbocycles. The minimum Gasteiger partial charge on any atom is -0.179 e. The van der Waals surface area contributed by atoms with Gasteiger partial charge in [0.15, 0.2) is 0 Å². The average molecular weight is 272 g/mol. The van der Waals surface area contributed by atoms with Crippen molar-refractivity contribution in [2.45, 2.75) is 13.1 Å². The predicted molar refractivity (Wildman–Crippen MR) is 87.4 cm³/mol. The van der Waals surface area contributed by atoms with Crippen LogP contribution in [0.3, 0.4) is 0 Å². The van der Waals surface area contributed by atoms with Crippen molar-refractivity contribution in [2.24, 2.45) is 0 Å². The van der Waals surface area contributed by atoms with Crippen LogP contribution in [0.1, 0.15) is 12.5 Å². The first-order chi connectivity index (χ1) is 9.16. The van der Waals surface area contributed by atoms with Gasteiger partial charge >= 0.3 is 0 Å². The Kier molecular flexibility index (Phi) is 4.74. The fourth-order valence-corrected chi connectivity index (χ4v) is 5.59. The molecule has 2 aromatic rings. The number of nitrogens with zero attached hydrogens (tertiary/aromatic N) is 1. The number of benzene rings is 2. The van der Waals surface area contributed by atoms with Gasteiger partial charge in [-0.3, -0.25) is 0 Å². The molecule has 0 aliphatic rings. The van der Waals surface area contributed by atoms with Gasteiger partial charge in [0, 0.05) is 13.6 Å². The Bertz CT molecular complexity index is 497. The highest BCUT2D eigenvalue weighted by Gasteiger charge is 2.38. The van der Waals surface area contributed by atoms with Gasteiger partial charge in [-0.2, -0.15) is 4.67 Å². The van der Waals surface area contributed by atoms with Crippen LogP contribution in [0.2, 0.25) is 0 Å². The summed E-state index contributed by atoms with van der Waals surface area (Å²) < 4.78 is 2.54. The zero-order chi connectivity index (χ0) is 13.7. The van der Waals surface area contributed by atoms with Crippen LogP contribution < -0.4 is 5.30 Å². The number of hydrogen-bond acceptors (Lipinski definition) is 1. The molecule has 1 nitrogen and oxygen atoms in total. The summed E-state index contributed by atoms with van der Waals surface area (Å²) in [7, 11) is 0.952. The van der Waals surface area contributed by atoms with E-state index < -0.39 is 7.41 Å². The summed E-state index contributed by atoms with van der Waals surface area (Å²) in [6, 6.07) is 21.8. The Morgan fingerprint density at radius 3 is 1.95 bits per heavy atom. The zero-order valence-corrected chi connectivity index (χ0v) is 13.0. The first-order valence-electron chi connectivity index (χ1n) is 6.83. The fourth-order valence-electron chi connectivity index (χ4n) is 2.41. The molecule has 1 atom stereocenters. The Hall–Kier alpha value is -1.17. The van der Waals surface area contributed by atoms with Crippen LogP contribution in [-0.2, 0) is 6.16 Å². The second-order valence-electron chi connectivity index (χ2n) is 5.09. The number of hydrogen-bond donors (Lipinski definition) is 0. The molecule has 0 aromatic heterocycles. The Morgan fingerprint density at radius 2 is 1.42 bits per heavy atom. The van der Waals surface area contributed by atoms with Crippen molar-refractivity contribution in [3.8, 4) is 0 Å². The molecule has 0 saturated heterocycles. The SMILES string of the molecule is CCN(C)[P+](C)(Cc1ccccc1)c1ccccc1. The molecule has 0 radical (unpaired) electrons. The van der Waals surface area contributed by atoms with Gasteiger partial charge in [0.05, 0.1) is 6.66 Å². The van der Waals surface area contributed by atoms with Crippen LogP contribution in [0.25, 0.3) is 0 Å². The molecule has 2 rings (SSSR count). The van der Waals surface area contributed by atoms with Crippen LogP contribution >= 0.6 is 7.41 Å². The molecule has 2 heteroatoms. The molecule has 1 unspecified atom stereocenters. The standard InChI is InChI=1S/C17H23NP/c1-4-18(2)19(3,17-13-9-6-10-14-17)15-16-11-7-5-8-12-16/h5-14H,4,15H2,1-3H3/q+1. The largest absolute Gasteiger partial charge is 0.179 e. The van der Waals surface area contributed by atoms with Crippen molar-refractivity contribution in [2.75, 3.05) is 20.3 Å². The van der Waals surface area contributed by atoms with E-state index >= 15 is 0 Å². The normalized spacial score (nSPS) is 14.3. The molecule has 19 heavy (non-hydrogen) atoms. The summed E-state index contributed by atoms with van der Waals surface area (Å²) in [6.07, 6.45) is 1.14. The summed E-state index contributed by atoms with van der Waals surface area (Å²) in [5, 5.41) is 1.49. The maximum absolute atomic E-state index is 2.54. The third-order valence-corrected chi connectivity index (χ3v) is 8.04. The van der Waals surface area contributed by atoms with Gasteiger partial charge in [-0.1, -0.05) is 48.5 Å². The van der Waals surface area contributed by atoms with Gasteiger partial charge in [-0.15, -0.1) is 0 Å². The van der Waals surface area contributed by atoms with E-state index in [2.05, 4.69) is 86.0 Å². The summed E-state index contributed by atoms with van der Waals surface area (Å²) in [4.78, 5) is 0. The monoisotopic (exact) mass is 272 g/mol. The molecule has 2 aromatic carbocycles. The highest BCUT2D eigenvalue weighted by atomic mass is 31.2. The Balaban J connectivity index is 2.36. The van der Waals surface area contributed by atoms with Crippen molar-refractivity contribution in [3.05, 3.63) is 66.2 Å². The molecular weight excluding hydrogens is 249 g/mol. The lowest BCUT2D eigenvalue weighted by Crippen LogP contribution is -2.28. The van der Waals surface area contributed by atoms with Gasteiger partial charge in [-0.25, -0.2) is 0 Å². The van der Waals surface area contributed by atoms with Gasteiger partial charge in [0.1, 0.15) is 18.9 Å². The van der Waals surface area contributed by atoms with Crippen LogP contribution in [0.15, 0.2) is 60.7 Å². The summed E-state index contributed by atoms with van der Waals surface area (Å²) >= 11 is 0.